The van der Waals surface area contributed by atoms with Crippen LogP contribution in [0.1, 0.15) is 11.4 Å². The maximum absolute atomic E-state index is 7.32. The number of hydrogen-bond acceptors (Lipinski definition) is 1. The number of benzene rings is 4. The number of para-hydroxylation sites is 1. The standard InChI is InChI=1S/C29H21N3/c1-30-25-15-8-10-22(20-25)21-28-31-18-19-32(28)29-26(23-11-4-2-5-12-23)16-9-17-27(29)24-13-6-3-7-14-24/h2-20H,21H2. The van der Waals surface area contributed by atoms with Crippen molar-refractivity contribution >= 4 is 5.69 Å². The molecule has 0 fully saturated rings. The van der Waals surface area contributed by atoms with Gasteiger partial charge in [0.25, 0.3) is 0 Å². The molecule has 152 valence electrons. The van der Waals surface area contributed by atoms with Gasteiger partial charge in [0.05, 0.1) is 12.3 Å². The van der Waals surface area contributed by atoms with Crippen molar-refractivity contribution in [2.24, 2.45) is 0 Å². The molecule has 1 aromatic heterocycles. The molecule has 1 heterocycles. The monoisotopic (exact) mass is 411 g/mol. The molecule has 3 heteroatoms. The fraction of sp³-hybridized carbons (Fsp3) is 0.0345. The second-order valence-electron chi connectivity index (χ2n) is 7.61. The van der Waals surface area contributed by atoms with Crippen molar-refractivity contribution in [3.05, 3.63) is 138 Å². The first-order valence-corrected chi connectivity index (χ1v) is 10.6. The fourth-order valence-corrected chi connectivity index (χ4v) is 4.09. The Morgan fingerprint density at radius 3 is 1.97 bits per heavy atom. The summed E-state index contributed by atoms with van der Waals surface area (Å²) < 4.78 is 2.19. The van der Waals surface area contributed by atoms with Crippen molar-refractivity contribution in [1.29, 1.82) is 0 Å². The van der Waals surface area contributed by atoms with E-state index in [0.29, 0.717) is 12.1 Å². The Labute approximate surface area is 188 Å². The Hall–Kier alpha value is -4.42. The van der Waals surface area contributed by atoms with Crippen LogP contribution in [0.25, 0.3) is 32.8 Å². The second-order valence-corrected chi connectivity index (χ2v) is 7.61. The van der Waals surface area contributed by atoms with Crippen LogP contribution in [0, 0.1) is 6.57 Å². The molecule has 4 aromatic carbocycles. The molecule has 0 bridgehead atoms. The van der Waals surface area contributed by atoms with Crippen LogP contribution in [0.15, 0.2) is 116 Å². The van der Waals surface area contributed by atoms with Gasteiger partial charge in [-0.1, -0.05) is 109 Å². The summed E-state index contributed by atoms with van der Waals surface area (Å²) >= 11 is 0. The van der Waals surface area contributed by atoms with Crippen molar-refractivity contribution in [3.63, 3.8) is 0 Å². The van der Waals surface area contributed by atoms with Crippen molar-refractivity contribution in [3.8, 4) is 27.9 Å². The van der Waals surface area contributed by atoms with Gasteiger partial charge in [-0.15, -0.1) is 0 Å². The molecule has 0 radical (unpaired) electrons. The first-order chi connectivity index (χ1) is 15.8. The predicted octanol–water partition coefficient (Wildman–Crippen LogP) is 7.35. The Morgan fingerprint density at radius 2 is 1.34 bits per heavy atom. The minimum atomic E-state index is 0.647. The Balaban J connectivity index is 1.70. The summed E-state index contributed by atoms with van der Waals surface area (Å²) in [7, 11) is 0. The molecule has 0 saturated heterocycles. The number of aromatic nitrogens is 2. The molecule has 0 saturated carbocycles. The average molecular weight is 412 g/mol. The summed E-state index contributed by atoms with van der Waals surface area (Å²) in [5.41, 5.74) is 7.46. The molecule has 0 aliphatic heterocycles. The van der Waals surface area contributed by atoms with Gasteiger partial charge in [-0.05, 0) is 11.1 Å². The van der Waals surface area contributed by atoms with Crippen LogP contribution in [-0.4, -0.2) is 9.55 Å². The Bertz CT molecular complexity index is 1340. The molecule has 0 aliphatic carbocycles. The minimum absolute atomic E-state index is 0.647. The van der Waals surface area contributed by atoms with Crippen LogP contribution >= 0.6 is 0 Å². The highest BCUT2D eigenvalue weighted by Crippen LogP contribution is 2.36. The van der Waals surface area contributed by atoms with E-state index in [0.717, 1.165) is 39.3 Å². The number of imidazole rings is 1. The summed E-state index contributed by atoms with van der Waals surface area (Å²) in [5, 5.41) is 0. The second kappa shape index (κ2) is 8.75. The first-order valence-electron chi connectivity index (χ1n) is 10.6. The molecular formula is C29H21N3. The third-order valence-electron chi connectivity index (χ3n) is 5.57. The highest BCUT2D eigenvalue weighted by atomic mass is 15.1. The van der Waals surface area contributed by atoms with Crippen LogP contribution in [0.4, 0.5) is 5.69 Å². The van der Waals surface area contributed by atoms with Crippen molar-refractivity contribution in [2.45, 2.75) is 6.42 Å². The van der Waals surface area contributed by atoms with E-state index in [9.17, 15) is 0 Å². The lowest BCUT2D eigenvalue weighted by atomic mass is 9.95. The molecule has 3 nitrogen and oxygen atoms in total. The molecule has 0 N–H and O–H groups in total. The smallest absolute Gasteiger partial charge is 0.187 e. The van der Waals surface area contributed by atoms with Gasteiger partial charge in [0.2, 0.25) is 0 Å². The minimum Gasteiger partial charge on any atom is -0.302 e. The molecular weight excluding hydrogens is 390 g/mol. The van der Waals surface area contributed by atoms with Crippen LogP contribution in [0.3, 0.4) is 0 Å². The molecule has 0 unspecified atom stereocenters. The van der Waals surface area contributed by atoms with Crippen LogP contribution in [0.5, 0.6) is 0 Å². The summed E-state index contributed by atoms with van der Waals surface area (Å²) in [6.45, 7) is 7.32. The van der Waals surface area contributed by atoms with Gasteiger partial charge < -0.3 is 4.57 Å². The lowest BCUT2D eigenvalue weighted by Gasteiger charge is -2.18. The average Bonchev–Trinajstić information content (AvgIpc) is 3.32. The zero-order chi connectivity index (χ0) is 21.8. The lowest BCUT2D eigenvalue weighted by molar-refractivity contribution is 0.916. The molecule has 0 aliphatic rings. The number of hydrogen-bond donors (Lipinski definition) is 0. The molecule has 5 rings (SSSR count). The quantitative estimate of drug-likeness (QED) is 0.277. The maximum atomic E-state index is 7.32. The Morgan fingerprint density at radius 1 is 0.719 bits per heavy atom. The number of nitrogens with zero attached hydrogens (tertiary/aromatic N) is 3. The third-order valence-corrected chi connectivity index (χ3v) is 5.57. The van der Waals surface area contributed by atoms with Gasteiger partial charge >= 0.3 is 0 Å². The Kier molecular flexibility index (Phi) is 5.34. The van der Waals surface area contributed by atoms with E-state index >= 15 is 0 Å². The summed E-state index contributed by atoms with van der Waals surface area (Å²) in [4.78, 5) is 8.27. The summed E-state index contributed by atoms with van der Waals surface area (Å²) in [6.07, 6.45) is 4.53. The van der Waals surface area contributed by atoms with E-state index in [1.807, 2.05) is 42.7 Å². The van der Waals surface area contributed by atoms with Gasteiger partial charge in [0.1, 0.15) is 5.82 Å². The largest absolute Gasteiger partial charge is 0.302 e. The summed E-state index contributed by atoms with van der Waals surface area (Å²) in [5.74, 6) is 0.938. The van der Waals surface area contributed by atoms with E-state index in [2.05, 4.69) is 82.2 Å². The van der Waals surface area contributed by atoms with Crippen molar-refractivity contribution in [2.75, 3.05) is 0 Å². The molecule has 32 heavy (non-hydrogen) atoms. The first kappa shape index (κ1) is 19.5. The van der Waals surface area contributed by atoms with Crippen LogP contribution in [-0.2, 0) is 6.42 Å². The fourth-order valence-electron chi connectivity index (χ4n) is 4.09. The van der Waals surface area contributed by atoms with E-state index in [-0.39, 0.29) is 0 Å². The normalized spacial score (nSPS) is 10.6. The van der Waals surface area contributed by atoms with E-state index in [1.54, 1.807) is 0 Å². The van der Waals surface area contributed by atoms with Gasteiger partial charge in [-0.25, -0.2) is 9.83 Å². The molecule has 0 spiro atoms. The van der Waals surface area contributed by atoms with E-state index in [1.165, 1.54) is 0 Å². The third kappa shape index (κ3) is 3.82. The van der Waals surface area contributed by atoms with Gasteiger partial charge in [0.15, 0.2) is 5.69 Å². The van der Waals surface area contributed by atoms with Crippen LogP contribution < -0.4 is 0 Å². The highest BCUT2D eigenvalue weighted by Gasteiger charge is 2.16. The topological polar surface area (TPSA) is 22.2 Å². The predicted molar refractivity (Wildman–Crippen MR) is 130 cm³/mol. The van der Waals surface area contributed by atoms with Crippen molar-refractivity contribution < 1.29 is 0 Å². The van der Waals surface area contributed by atoms with Gasteiger partial charge in [0, 0.05) is 29.9 Å². The van der Waals surface area contributed by atoms with Crippen molar-refractivity contribution in [1.82, 2.24) is 9.55 Å². The maximum Gasteiger partial charge on any atom is 0.187 e. The van der Waals surface area contributed by atoms with Gasteiger partial charge in [-0.2, -0.15) is 0 Å². The lowest BCUT2D eigenvalue weighted by Crippen LogP contribution is -2.05. The summed E-state index contributed by atoms with van der Waals surface area (Å²) in [6, 6.07) is 35.1. The zero-order valence-corrected chi connectivity index (χ0v) is 17.5. The molecule has 0 amide bonds. The molecule has 0 atom stereocenters. The van der Waals surface area contributed by atoms with Crippen LogP contribution in [0.2, 0.25) is 0 Å². The number of rotatable bonds is 5. The SMILES string of the molecule is [C-]#[N+]c1cccc(Cc2nccn2-c2c(-c3ccccc3)cccc2-c2ccccc2)c1. The zero-order valence-electron chi connectivity index (χ0n) is 17.5. The van der Waals surface area contributed by atoms with Gasteiger partial charge in [-0.3, -0.25) is 0 Å². The molecule has 5 aromatic rings. The highest BCUT2D eigenvalue weighted by molar-refractivity contribution is 5.85. The van der Waals surface area contributed by atoms with E-state index < -0.39 is 0 Å². The van der Waals surface area contributed by atoms with E-state index in [4.69, 9.17) is 11.6 Å².